The van der Waals surface area contributed by atoms with Gasteiger partial charge < -0.3 is 5.32 Å². The maximum atomic E-state index is 12.3. The molecule has 2 aromatic heterocycles. The molecule has 7 heteroatoms. The standard InChI is InChI=1S/C18H13ClN4OS/c19-14-5-3-12(4-6-14)16-10-20-18(25-16)22-17(24)8-11-1-2-13-9-21-23-15(13)7-11/h1-7,9-10H,8H2,(H,21,23)(H,20,22,24). The molecule has 2 N–H and O–H groups in total. The molecule has 0 fully saturated rings. The number of anilines is 1. The van der Waals surface area contributed by atoms with Crippen molar-refractivity contribution in [3.63, 3.8) is 0 Å². The van der Waals surface area contributed by atoms with Gasteiger partial charge in [-0.15, -0.1) is 0 Å². The second-order valence-electron chi connectivity index (χ2n) is 5.55. The van der Waals surface area contributed by atoms with Gasteiger partial charge in [-0.1, -0.05) is 47.2 Å². The summed E-state index contributed by atoms with van der Waals surface area (Å²) in [6, 6.07) is 13.3. The lowest BCUT2D eigenvalue weighted by Gasteiger charge is -2.02. The van der Waals surface area contributed by atoms with Gasteiger partial charge in [0.2, 0.25) is 5.91 Å². The highest BCUT2D eigenvalue weighted by Gasteiger charge is 2.09. The third-order valence-electron chi connectivity index (χ3n) is 3.75. The van der Waals surface area contributed by atoms with Crippen molar-refractivity contribution in [3.8, 4) is 10.4 Å². The van der Waals surface area contributed by atoms with Crippen molar-refractivity contribution in [1.82, 2.24) is 15.2 Å². The van der Waals surface area contributed by atoms with Gasteiger partial charge >= 0.3 is 0 Å². The Morgan fingerprint density at radius 3 is 2.84 bits per heavy atom. The van der Waals surface area contributed by atoms with E-state index in [4.69, 9.17) is 11.6 Å². The van der Waals surface area contributed by atoms with E-state index in [1.807, 2.05) is 42.5 Å². The Morgan fingerprint density at radius 1 is 1.16 bits per heavy atom. The van der Waals surface area contributed by atoms with Crippen LogP contribution >= 0.6 is 22.9 Å². The minimum atomic E-state index is -0.101. The Balaban J connectivity index is 1.44. The SMILES string of the molecule is O=C(Cc1ccc2cn[nH]c2c1)Nc1ncc(-c2ccc(Cl)cc2)s1. The van der Waals surface area contributed by atoms with E-state index in [1.54, 1.807) is 12.4 Å². The summed E-state index contributed by atoms with van der Waals surface area (Å²) < 4.78 is 0. The quantitative estimate of drug-likeness (QED) is 0.556. The van der Waals surface area contributed by atoms with Crippen LogP contribution in [0.2, 0.25) is 5.02 Å². The predicted octanol–water partition coefficient (Wildman–Crippen LogP) is 4.52. The molecular weight excluding hydrogens is 356 g/mol. The molecule has 0 atom stereocenters. The molecule has 0 spiro atoms. The fourth-order valence-electron chi connectivity index (χ4n) is 2.52. The summed E-state index contributed by atoms with van der Waals surface area (Å²) in [4.78, 5) is 17.5. The molecule has 0 radical (unpaired) electrons. The molecule has 2 heterocycles. The average Bonchev–Trinajstić information content (AvgIpc) is 3.24. The summed E-state index contributed by atoms with van der Waals surface area (Å²) in [5, 5.41) is 12.0. The van der Waals surface area contributed by atoms with Crippen LogP contribution in [0, 0.1) is 0 Å². The molecule has 124 valence electrons. The number of hydrogen-bond donors (Lipinski definition) is 2. The van der Waals surface area contributed by atoms with E-state index < -0.39 is 0 Å². The van der Waals surface area contributed by atoms with Gasteiger partial charge in [0.1, 0.15) is 0 Å². The first kappa shape index (κ1) is 15.8. The summed E-state index contributed by atoms with van der Waals surface area (Å²) in [7, 11) is 0. The molecule has 2 aromatic carbocycles. The van der Waals surface area contributed by atoms with Crippen LogP contribution < -0.4 is 5.32 Å². The number of carbonyl (C=O) groups excluding carboxylic acids is 1. The molecule has 0 saturated carbocycles. The van der Waals surface area contributed by atoms with Crippen LogP contribution in [0.5, 0.6) is 0 Å². The molecule has 1 amide bonds. The third-order valence-corrected chi connectivity index (χ3v) is 4.97. The molecule has 0 bridgehead atoms. The lowest BCUT2D eigenvalue weighted by Crippen LogP contribution is -2.14. The number of aromatic nitrogens is 3. The van der Waals surface area contributed by atoms with Crippen molar-refractivity contribution in [2.75, 3.05) is 5.32 Å². The van der Waals surface area contributed by atoms with E-state index in [9.17, 15) is 4.79 Å². The molecule has 4 rings (SSSR count). The van der Waals surface area contributed by atoms with Crippen LogP contribution in [0.25, 0.3) is 21.3 Å². The zero-order chi connectivity index (χ0) is 17.2. The number of benzene rings is 2. The van der Waals surface area contributed by atoms with Crippen LogP contribution in [0.15, 0.2) is 54.9 Å². The molecule has 0 aliphatic carbocycles. The van der Waals surface area contributed by atoms with E-state index in [1.165, 1.54) is 11.3 Å². The van der Waals surface area contributed by atoms with Crippen LogP contribution in [0.4, 0.5) is 5.13 Å². The van der Waals surface area contributed by atoms with Crippen LogP contribution in [0.1, 0.15) is 5.56 Å². The van der Waals surface area contributed by atoms with Crippen molar-refractivity contribution in [3.05, 3.63) is 65.4 Å². The van der Waals surface area contributed by atoms with Gasteiger partial charge in [-0.05, 0) is 29.3 Å². The number of halogens is 1. The number of nitrogens with one attached hydrogen (secondary N) is 2. The number of carbonyl (C=O) groups is 1. The van der Waals surface area contributed by atoms with Crippen molar-refractivity contribution >= 4 is 44.9 Å². The number of fused-ring (bicyclic) bond motifs is 1. The highest BCUT2D eigenvalue weighted by molar-refractivity contribution is 7.19. The summed E-state index contributed by atoms with van der Waals surface area (Å²) in [5.74, 6) is -0.101. The molecule has 4 aromatic rings. The van der Waals surface area contributed by atoms with Crippen molar-refractivity contribution in [2.45, 2.75) is 6.42 Å². The van der Waals surface area contributed by atoms with Gasteiger partial charge in [-0.3, -0.25) is 9.89 Å². The van der Waals surface area contributed by atoms with E-state index in [2.05, 4.69) is 20.5 Å². The monoisotopic (exact) mass is 368 g/mol. The molecule has 25 heavy (non-hydrogen) atoms. The predicted molar refractivity (Wildman–Crippen MR) is 101 cm³/mol. The summed E-state index contributed by atoms with van der Waals surface area (Å²) in [6.07, 6.45) is 3.79. The highest BCUT2D eigenvalue weighted by Crippen LogP contribution is 2.29. The second-order valence-corrected chi connectivity index (χ2v) is 7.02. The van der Waals surface area contributed by atoms with Gasteiger partial charge in [0.25, 0.3) is 0 Å². The number of hydrogen-bond acceptors (Lipinski definition) is 4. The Kier molecular flexibility index (Phi) is 4.21. The molecule has 0 aliphatic rings. The minimum Gasteiger partial charge on any atom is -0.302 e. The zero-order valence-corrected chi connectivity index (χ0v) is 14.6. The van der Waals surface area contributed by atoms with E-state index in [-0.39, 0.29) is 12.3 Å². The third kappa shape index (κ3) is 3.55. The Labute approximate surface area is 152 Å². The van der Waals surface area contributed by atoms with Gasteiger partial charge in [-0.2, -0.15) is 5.10 Å². The van der Waals surface area contributed by atoms with Crippen molar-refractivity contribution in [2.24, 2.45) is 0 Å². The van der Waals surface area contributed by atoms with E-state index in [0.29, 0.717) is 10.2 Å². The molecule has 0 aliphatic heterocycles. The van der Waals surface area contributed by atoms with Crippen molar-refractivity contribution < 1.29 is 4.79 Å². The number of rotatable bonds is 4. The Bertz CT molecular complexity index is 1040. The van der Waals surface area contributed by atoms with Crippen molar-refractivity contribution in [1.29, 1.82) is 0 Å². The van der Waals surface area contributed by atoms with E-state index in [0.717, 1.165) is 26.9 Å². The maximum absolute atomic E-state index is 12.3. The fourth-order valence-corrected chi connectivity index (χ4v) is 3.49. The lowest BCUT2D eigenvalue weighted by atomic mass is 10.1. The van der Waals surface area contributed by atoms with Crippen LogP contribution in [0.3, 0.4) is 0 Å². The second kappa shape index (κ2) is 6.66. The van der Waals surface area contributed by atoms with Gasteiger partial charge in [0.05, 0.1) is 23.0 Å². The van der Waals surface area contributed by atoms with Crippen LogP contribution in [-0.2, 0) is 11.2 Å². The number of H-pyrrole nitrogens is 1. The molecular formula is C18H13ClN4OS. The Morgan fingerprint density at radius 2 is 2.00 bits per heavy atom. The first-order chi connectivity index (χ1) is 12.2. The topological polar surface area (TPSA) is 70.7 Å². The number of amides is 1. The zero-order valence-electron chi connectivity index (χ0n) is 13.0. The fraction of sp³-hybridized carbons (Fsp3) is 0.0556. The lowest BCUT2D eigenvalue weighted by molar-refractivity contribution is -0.115. The minimum absolute atomic E-state index is 0.101. The number of aromatic amines is 1. The summed E-state index contributed by atoms with van der Waals surface area (Å²) in [5.41, 5.74) is 2.86. The maximum Gasteiger partial charge on any atom is 0.230 e. The largest absolute Gasteiger partial charge is 0.302 e. The smallest absolute Gasteiger partial charge is 0.230 e. The number of thiazole rings is 1. The normalized spacial score (nSPS) is 10.9. The average molecular weight is 369 g/mol. The summed E-state index contributed by atoms with van der Waals surface area (Å²) >= 11 is 7.34. The highest BCUT2D eigenvalue weighted by atomic mass is 35.5. The van der Waals surface area contributed by atoms with E-state index >= 15 is 0 Å². The van der Waals surface area contributed by atoms with Gasteiger partial charge in [-0.25, -0.2) is 4.98 Å². The molecule has 0 saturated heterocycles. The van der Waals surface area contributed by atoms with Gasteiger partial charge in [0, 0.05) is 16.6 Å². The summed E-state index contributed by atoms with van der Waals surface area (Å²) in [6.45, 7) is 0. The first-order valence-corrected chi connectivity index (χ1v) is 8.80. The van der Waals surface area contributed by atoms with Gasteiger partial charge in [0.15, 0.2) is 5.13 Å². The molecule has 0 unspecified atom stereocenters. The molecule has 5 nitrogen and oxygen atoms in total. The first-order valence-electron chi connectivity index (χ1n) is 7.61. The Hall–Kier alpha value is -2.70. The van der Waals surface area contributed by atoms with Crippen LogP contribution in [-0.4, -0.2) is 21.1 Å². The number of nitrogens with zero attached hydrogens (tertiary/aromatic N) is 2.